The molecule has 9 nitrogen and oxygen atoms in total. The first kappa shape index (κ1) is 22.9. The lowest BCUT2D eigenvalue weighted by atomic mass is 10.1. The first-order chi connectivity index (χ1) is 16.3. The van der Waals surface area contributed by atoms with Gasteiger partial charge in [0.15, 0.2) is 0 Å². The number of aromatic nitrogens is 2. The third kappa shape index (κ3) is 4.87. The van der Waals surface area contributed by atoms with Crippen LogP contribution in [0.1, 0.15) is 21.7 Å². The highest BCUT2D eigenvalue weighted by Crippen LogP contribution is 2.27. The lowest BCUT2D eigenvalue weighted by Gasteiger charge is -2.11. The zero-order valence-corrected chi connectivity index (χ0v) is 19.0. The van der Waals surface area contributed by atoms with E-state index in [0.29, 0.717) is 33.9 Å². The Hall–Kier alpha value is -4.28. The topological polar surface area (TPSA) is 145 Å². The summed E-state index contributed by atoms with van der Waals surface area (Å²) in [6, 6.07) is 22.3. The molecule has 10 heteroatoms. The minimum atomic E-state index is -3.88. The van der Waals surface area contributed by atoms with E-state index < -0.39 is 10.0 Å². The van der Waals surface area contributed by atoms with Crippen LogP contribution in [0.25, 0.3) is 16.8 Å². The van der Waals surface area contributed by atoms with E-state index in [9.17, 15) is 13.2 Å². The van der Waals surface area contributed by atoms with E-state index >= 15 is 0 Å². The van der Waals surface area contributed by atoms with Gasteiger partial charge in [-0.25, -0.2) is 18.2 Å². The fourth-order valence-corrected chi connectivity index (χ4v) is 4.32. The molecular formula is C24H22N6O3S. The average Bonchev–Trinajstić information content (AvgIpc) is 3.21. The Kier molecular flexibility index (Phi) is 6.26. The van der Waals surface area contributed by atoms with Crippen LogP contribution in [0.5, 0.6) is 0 Å². The van der Waals surface area contributed by atoms with E-state index in [0.717, 1.165) is 5.56 Å². The summed E-state index contributed by atoms with van der Waals surface area (Å²) in [5, 5.41) is 16.2. The van der Waals surface area contributed by atoms with Crippen LogP contribution in [0.3, 0.4) is 0 Å². The highest BCUT2D eigenvalue weighted by molar-refractivity contribution is 7.89. The Bertz CT molecular complexity index is 1490. The van der Waals surface area contributed by atoms with E-state index in [4.69, 9.17) is 11.0 Å². The number of sulfonamides is 1. The minimum absolute atomic E-state index is 0.0353. The Morgan fingerprint density at radius 1 is 1.03 bits per heavy atom. The fourth-order valence-electron chi connectivity index (χ4n) is 3.56. The molecule has 0 saturated heterocycles. The van der Waals surface area contributed by atoms with Crippen molar-refractivity contribution in [2.45, 2.75) is 11.8 Å². The maximum Gasteiger partial charge on any atom is 0.274 e. The van der Waals surface area contributed by atoms with Gasteiger partial charge in [0, 0.05) is 11.3 Å². The number of benzene rings is 3. The summed E-state index contributed by atoms with van der Waals surface area (Å²) in [5.74, 6) is 4.89. The van der Waals surface area contributed by atoms with Crippen molar-refractivity contribution in [1.82, 2.24) is 9.78 Å². The molecule has 1 amide bonds. The third-order valence-corrected chi connectivity index (χ3v) is 6.02. The summed E-state index contributed by atoms with van der Waals surface area (Å²) in [5.41, 5.74) is 4.16. The SMILES string of the molecule is Cc1cc(C(=O)Nc2ccc(-c3ccccc3S(N)(=O)=O)cc2)n(-c2cccc(C=NN)c2)n1. The first-order valence-electron chi connectivity index (χ1n) is 10.2. The molecule has 0 radical (unpaired) electrons. The number of primary sulfonamides is 1. The minimum Gasteiger partial charge on any atom is -0.323 e. The van der Waals surface area contributed by atoms with E-state index in [1.54, 1.807) is 60.1 Å². The number of carbonyl (C=O) groups is 1. The quantitative estimate of drug-likeness (QED) is 0.223. The summed E-state index contributed by atoms with van der Waals surface area (Å²) >= 11 is 0. The predicted octanol–water partition coefficient (Wildman–Crippen LogP) is 3.04. The number of hydrogen-bond acceptors (Lipinski definition) is 6. The van der Waals surface area contributed by atoms with Crippen molar-refractivity contribution in [1.29, 1.82) is 0 Å². The smallest absolute Gasteiger partial charge is 0.274 e. The largest absolute Gasteiger partial charge is 0.323 e. The normalized spacial score (nSPS) is 11.6. The molecule has 3 aromatic carbocycles. The molecule has 34 heavy (non-hydrogen) atoms. The summed E-state index contributed by atoms with van der Waals surface area (Å²) in [7, 11) is -3.88. The average molecular weight is 475 g/mol. The van der Waals surface area contributed by atoms with Gasteiger partial charge in [0.1, 0.15) is 5.69 Å². The summed E-state index contributed by atoms with van der Waals surface area (Å²) < 4.78 is 25.4. The van der Waals surface area contributed by atoms with Gasteiger partial charge in [-0.3, -0.25) is 4.79 Å². The van der Waals surface area contributed by atoms with Crippen molar-refractivity contribution >= 4 is 27.8 Å². The van der Waals surface area contributed by atoms with Crippen molar-refractivity contribution in [2.24, 2.45) is 16.1 Å². The number of hydrazone groups is 1. The molecule has 0 aliphatic carbocycles. The molecule has 0 bridgehead atoms. The Labute approximate surface area is 196 Å². The van der Waals surface area contributed by atoms with Gasteiger partial charge in [0.25, 0.3) is 5.91 Å². The summed E-state index contributed by atoms with van der Waals surface area (Å²) in [4.78, 5) is 13.1. The number of amides is 1. The molecule has 0 aliphatic heterocycles. The number of rotatable bonds is 6. The van der Waals surface area contributed by atoms with Crippen molar-refractivity contribution in [3.05, 3.63) is 95.8 Å². The third-order valence-electron chi connectivity index (χ3n) is 5.05. The zero-order chi connectivity index (χ0) is 24.3. The highest BCUT2D eigenvalue weighted by atomic mass is 32.2. The van der Waals surface area contributed by atoms with Gasteiger partial charge < -0.3 is 11.2 Å². The summed E-state index contributed by atoms with van der Waals surface area (Å²) in [6.07, 6.45) is 1.51. The monoisotopic (exact) mass is 474 g/mol. The number of anilines is 1. The molecule has 172 valence electrons. The Morgan fingerprint density at radius 3 is 2.47 bits per heavy atom. The fraction of sp³-hybridized carbons (Fsp3) is 0.0417. The molecule has 0 fully saturated rings. The second-order valence-corrected chi connectivity index (χ2v) is 9.06. The highest BCUT2D eigenvalue weighted by Gasteiger charge is 2.17. The molecule has 4 aromatic rings. The molecule has 5 N–H and O–H groups in total. The molecule has 4 rings (SSSR count). The van der Waals surface area contributed by atoms with Gasteiger partial charge in [0.2, 0.25) is 10.0 Å². The van der Waals surface area contributed by atoms with Crippen LogP contribution in [-0.4, -0.2) is 30.3 Å². The van der Waals surface area contributed by atoms with Crippen LogP contribution >= 0.6 is 0 Å². The Balaban J connectivity index is 1.60. The van der Waals surface area contributed by atoms with Gasteiger partial charge in [-0.1, -0.05) is 42.5 Å². The predicted molar refractivity (Wildman–Crippen MR) is 131 cm³/mol. The van der Waals surface area contributed by atoms with Gasteiger partial charge >= 0.3 is 0 Å². The van der Waals surface area contributed by atoms with Crippen molar-refractivity contribution in [3.8, 4) is 16.8 Å². The molecular weight excluding hydrogens is 452 g/mol. The van der Waals surface area contributed by atoms with Crippen LogP contribution in [0.2, 0.25) is 0 Å². The van der Waals surface area contributed by atoms with E-state index in [-0.39, 0.29) is 10.8 Å². The molecule has 1 heterocycles. The lowest BCUT2D eigenvalue weighted by Crippen LogP contribution is -2.17. The number of carbonyl (C=O) groups excluding carboxylic acids is 1. The number of nitrogens with two attached hydrogens (primary N) is 2. The standard InChI is InChI=1S/C24H22N6O3S/c1-16-13-22(30(29-16)20-6-4-5-17(14-20)15-27-25)24(31)28-19-11-9-18(10-12-19)21-7-2-3-8-23(21)34(26,32)33/h2-15H,25H2,1H3,(H,28,31)(H2,26,32,33). The van der Waals surface area contributed by atoms with Gasteiger partial charge in [-0.2, -0.15) is 10.2 Å². The lowest BCUT2D eigenvalue weighted by molar-refractivity contribution is 0.101. The van der Waals surface area contributed by atoms with Crippen LogP contribution in [0.4, 0.5) is 5.69 Å². The molecule has 0 saturated carbocycles. The van der Waals surface area contributed by atoms with Crippen molar-refractivity contribution in [3.63, 3.8) is 0 Å². The zero-order valence-electron chi connectivity index (χ0n) is 18.2. The van der Waals surface area contributed by atoms with Crippen LogP contribution in [0.15, 0.2) is 88.9 Å². The molecule has 0 unspecified atom stereocenters. The van der Waals surface area contributed by atoms with Crippen molar-refractivity contribution < 1.29 is 13.2 Å². The number of aryl methyl sites for hydroxylation is 1. The Morgan fingerprint density at radius 2 is 1.76 bits per heavy atom. The van der Waals surface area contributed by atoms with E-state index in [1.807, 2.05) is 24.3 Å². The second kappa shape index (κ2) is 9.30. The first-order valence-corrected chi connectivity index (χ1v) is 11.7. The number of nitrogens with zero attached hydrogens (tertiary/aromatic N) is 3. The van der Waals surface area contributed by atoms with Gasteiger partial charge in [0.05, 0.1) is 22.5 Å². The van der Waals surface area contributed by atoms with Crippen LogP contribution < -0.4 is 16.3 Å². The number of hydrogen-bond donors (Lipinski definition) is 3. The maximum absolute atomic E-state index is 13.1. The molecule has 1 aromatic heterocycles. The van der Waals surface area contributed by atoms with Crippen molar-refractivity contribution in [2.75, 3.05) is 5.32 Å². The summed E-state index contributed by atoms with van der Waals surface area (Å²) in [6.45, 7) is 1.80. The molecule has 0 spiro atoms. The molecule has 0 aliphatic rings. The molecule has 0 atom stereocenters. The maximum atomic E-state index is 13.1. The van der Waals surface area contributed by atoms with Crippen LogP contribution in [0, 0.1) is 6.92 Å². The number of nitrogens with one attached hydrogen (secondary N) is 1. The van der Waals surface area contributed by atoms with Gasteiger partial charge in [-0.15, -0.1) is 0 Å². The second-order valence-electron chi connectivity index (χ2n) is 7.53. The van der Waals surface area contributed by atoms with Gasteiger partial charge in [-0.05, 0) is 54.4 Å². The van der Waals surface area contributed by atoms with Crippen LogP contribution in [-0.2, 0) is 10.0 Å². The van der Waals surface area contributed by atoms with E-state index in [2.05, 4.69) is 15.5 Å². The van der Waals surface area contributed by atoms with E-state index in [1.165, 1.54) is 12.3 Å².